The first-order valence-electron chi connectivity index (χ1n) is 11.2. The fourth-order valence-electron chi connectivity index (χ4n) is 4.35. The van der Waals surface area contributed by atoms with Crippen LogP contribution in [0.1, 0.15) is 63.5 Å². The first-order valence-corrected chi connectivity index (χ1v) is 13.0. The molecule has 1 unspecified atom stereocenters. The van der Waals surface area contributed by atoms with Gasteiger partial charge in [0.2, 0.25) is 5.91 Å². The van der Waals surface area contributed by atoms with Crippen LogP contribution in [0, 0.1) is 11.8 Å². The number of benzene rings is 1. The standard InChI is InChI=1S/C24H39NO4S/c1-6-18(2)30(27,28)17-20-12-10-19(11-13-20)14-15-21-8-7-9-22(24(21)29-5)16-23(26)25(3)4/h7-9,18-20H,6,10-17H2,1-5H3. The average molecular weight is 438 g/mol. The van der Waals surface area contributed by atoms with Gasteiger partial charge in [-0.15, -0.1) is 0 Å². The lowest BCUT2D eigenvalue weighted by molar-refractivity contribution is -0.127. The zero-order valence-electron chi connectivity index (χ0n) is 19.3. The van der Waals surface area contributed by atoms with Crippen LogP contribution in [0.5, 0.6) is 5.75 Å². The fourth-order valence-corrected chi connectivity index (χ4v) is 6.18. The van der Waals surface area contributed by atoms with Gasteiger partial charge >= 0.3 is 0 Å². The van der Waals surface area contributed by atoms with Crippen LogP contribution in [0.25, 0.3) is 0 Å². The Kier molecular flexibility index (Phi) is 9.20. The Hall–Kier alpha value is -1.56. The minimum atomic E-state index is -2.96. The molecule has 170 valence electrons. The van der Waals surface area contributed by atoms with Gasteiger partial charge in [-0.1, -0.05) is 38.0 Å². The molecule has 5 nitrogen and oxygen atoms in total. The number of carbonyl (C=O) groups excluding carboxylic acids is 1. The molecule has 1 amide bonds. The normalized spacial score (nSPS) is 20.6. The van der Waals surface area contributed by atoms with E-state index in [2.05, 4.69) is 6.07 Å². The summed E-state index contributed by atoms with van der Waals surface area (Å²) in [6, 6.07) is 6.06. The predicted molar refractivity (Wildman–Crippen MR) is 123 cm³/mol. The smallest absolute Gasteiger partial charge is 0.226 e. The maximum atomic E-state index is 12.4. The third-order valence-corrected chi connectivity index (χ3v) is 9.16. The zero-order valence-corrected chi connectivity index (χ0v) is 20.1. The van der Waals surface area contributed by atoms with Crippen LogP contribution in [0.4, 0.5) is 0 Å². The van der Waals surface area contributed by atoms with Gasteiger partial charge in [-0.25, -0.2) is 8.42 Å². The second-order valence-electron chi connectivity index (χ2n) is 9.05. The Bertz CT molecular complexity index is 795. The van der Waals surface area contributed by atoms with Gasteiger partial charge < -0.3 is 9.64 Å². The van der Waals surface area contributed by atoms with E-state index in [9.17, 15) is 13.2 Å². The Morgan fingerprint density at radius 1 is 1.13 bits per heavy atom. The molecule has 1 aromatic carbocycles. The summed E-state index contributed by atoms with van der Waals surface area (Å²) in [4.78, 5) is 13.7. The van der Waals surface area contributed by atoms with Gasteiger partial charge in [0.05, 0.1) is 24.5 Å². The van der Waals surface area contributed by atoms with Crippen LogP contribution < -0.4 is 4.74 Å². The molecule has 0 N–H and O–H groups in total. The average Bonchev–Trinajstić information content (AvgIpc) is 2.72. The van der Waals surface area contributed by atoms with Gasteiger partial charge in [-0.3, -0.25) is 4.79 Å². The van der Waals surface area contributed by atoms with Crippen LogP contribution in [-0.4, -0.2) is 51.4 Å². The van der Waals surface area contributed by atoms with Crippen molar-refractivity contribution < 1.29 is 17.9 Å². The quantitative estimate of drug-likeness (QED) is 0.548. The number of hydrogen-bond donors (Lipinski definition) is 0. The molecule has 1 aromatic rings. The minimum absolute atomic E-state index is 0.0658. The van der Waals surface area contributed by atoms with Crippen molar-refractivity contribution in [3.63, 3.8) is 0 Å². The molecule has 0 heterocycles. The van der Waals surface area contributed by atoms with Gasteiger partial charge in [0.15, 0.2) is 9.84 Å². The molecule has 1 aliphatic rings. The molecule has 1 atom stereocenters. The molecule has 1 fully saturated rings. The van der Waals surface area contributed by atoms with Crippen molar-refractivity contribution in [2.75, 3.05) is 27.0 Å². The Balaban J connectivity index is 1.91. The molecule has 30 heavy (non-hydrogen) atoms. The highest BCUT2D eigenvalue weighted by Gasteiger charge is 2.28. The van der Waals surface area contributed by atoms with E-state index in [1.807, 2.05) is 26.0 Å². The van der Waals surface area contributed by atoms with Crippen molar-refractivity contribution in [2.24, 2.45) is 11.8 Å². The molecule has 0 saturated heterocycles. The fraction of sp³-hybridized carbons (Fsp3) is 0.708. The van der Waals surface area contributed by atoms with Crippen molar-refractivity contribution in [2.45, 2.75) is 70.5 Å². The molecular weight excluding hydrogens is 398 g/mol. The number of likely N-dealkylation sites (N-methyl/N-ethyl adjacent to an activating group) is 1. The van der Waals surface area contributed by atoms with E-state index in [-0.39, 0.29) is 11.2 Å². The molecule has 1 saturated carbocycles. The zero-order chi connectivity index (χ0) is 22.3. The molecule has 0 radical (unpaired) electrons. The summed E-state index contributed by atoms with van der Waals surface area (Å²) < 4.78 is 30.5. The van der Waals surface area contributed by atoms with Crippen LogP contribution in [0.3, 0.4) is 0 Å². The molecule has 0 aliphatic heterocycles. The van der Waals surface area contributed by atoms with Crippen LogP contribution in [0.2, 0.25) is 0 Å². The molecular formula is C24H39NO4S. The van der Waals surface area contributed by atoms with E-state index in [0.29, 0.717) is 30.4 Å². The number of rotatable bonds is 10. The van der Waals surface area contributed by atoms with Gasteiger partial charge in [0.1, 0.15) is 5.75 Å². The number of amides is 1. The van der Waals surface area contributed by atoms with Crippen LogP contribution >= 0.6 is 0 Å². The summed E-state index contributed by atoms with van der Waals surface area (Å²) in [5.41, 5.74) is 2.09. The van der Waals surface area contributed by atoms with Crippen molar-refractivity contribution in [1.82, 2.24) is 4.90 Å². The number of carbonyl (C=O) groups is 1. The van der Waals surface area contributed by atoms with Crippen molar-refractivity contribution >= 4 is 15.7 Å². The van der Waals surface area contributed by atoms with E-state index in [0.717, 1.165) is 55.4 Å². The molecule has 1 aliphatic carbocycles. The lowest BCUT2D eigenvalue weighted by Gasteiger charge is -2.29. The molecule has 0 spiro atoms. The predicted octanol–water partition coefficient (Wildman–Crippen LogP) is 4.28. The first kappa shape index (κ1) is 24.7. The lowest BCUT2D eigenvalue weighted by Crippen LogP contribution is -2.27. The summed E-state index contributed by atoms with van der Waals surface area (Å²) in [6.07, 6.45) is 7.26. The highest BCUT2D eigenvalue weighted by atomic mass is 32.2. The maximum Gasteiger partial charge on any atom is 0.226 e. The number of sulfone groups is 1. The Labute approximate surface area is 183 Å². The van der Waals surface area contributed by atoms with E-state index < -0.39 is 9.84 Å². The van der Waals surface area contributed by atoms with Crippen LogP contribution in [0.15, 0.2) is 18.2 Å². The lowest BCUT2D eigenvalue weighted by atomic mass is 9.80. The molecule has 6 heteroatoms. The summed E-state index contributed by atoms with van der Waals surface area (Å²) in [5.74, 6) is 2.20. The second kappa shape index (κ2) is 11.2. The third kappa shape index (κ3) is 6.73. The minimum Gasteiger partial charge on any atom is -0.496 e. The highest BCUT2D eigenvalue weighted by Crippen LogP contribution is 2.34. The van der Waals surface area contributed by atoms with Gasteiger partial charge in [0.25, 0.3) is 0 Å². The van der Waals surface area contributed by atoms with E-state index in [1.165, 1.54) is 0 Å². The number of aryl methyl sites for hydroxylation is 1. The largest absolute Gasteiger partial charge is 0.496 e. The van der Waals surface area contributed by atoms with Gasteiger partial charge in [0, 0.05) is 19.7 Å². The summed E-state index contributed by atoms with van der Waals surface area (Å²) >= 11 is 0. The Morgan fingerprint density at radius 3 is 2.30 bits per heavy atom. The van der Waals surface area contributed by atoms with Crippen molar-refractivity contribution in [1.29, 1.82) is 0 Å². The van der Waals surface area contributed by atoms with Crippen molar-refractivity contribution in [3.8, 4) is 5.75 Å². The summed E-state index contributed by atoms with van der Waals surface area (Å²) in [5, 5.41) is -0.227. The third-order valence-electron chi connectivity index (χ3n) is 6.67. The number of hydrogen-bond acceptors (Lipinski definition) is 4. The molecule has 2 rings (SSSR count). The van der Waals surface area contributed by atoms with E-state index in [1.54, 1.807) is 26.1 Å². The summed E-state index contributed by atoms with van der Waals surface area (Å²) in [7, 11) is 2.25. The van der Waals surface area contributed by atoms with E-state index in [4.69, 9.17) is 4.74 Å². The molecule has 0 bridgehead atoms. The van der Waals surface area contributed by atoms with Gasteiger partial charge in [-0.2, -0.15) is 0 Å². The number of nitrogens with zero attached hydrogens (tertiary/aromatic N) is 1. The maximum absolute atomic E-state index is 12.4. The first-order chi connectivity index (χ1) is 14.2. The second-order valence-corrected chi connectivity index (χ2v) is 11.5. The van der Waals surface area contributed by atoms with E-state index >= 15 is 0 Å². The number of ether oxygens (including phenoxy) is 1. The SMILES string of the molecule is CCC(C)S(=O)(=O)CC1CCC(CCc2cccc(CC(=O)N(C)C)c2OC)CC1. The van der Waals surface area contributed by atoms with Crippen LogP contribution in [-0.2, 0) is 27.5 Å². The topological polar surface area (TPSA) is 63.7 Å². The number of para-hydroxylation sites is 1. The monoisotopic (exact) mass is 437 g/mol. The molecule has 0 aromatic heterocycles. The summed E-state index contributed by atoms with van der Waals surface area (Å²) in [6.45, 7) is 3.77. The Morgan fingerprint density at radius 2 is 1.73 bits per heavy atom. The van der Waals surface area contributed by atoms with Crippen molar-refractivity contribution in [3.05, 3.63) is 29.3 Å². The highest BCUT2D eigenvalue weighted by molar-refractivity contribution is 7.92. The van der Waals surface area contributed by atoms with Gasteiger partial charge in [-0.05, 0) is 56.4 Å². The number of methoxy groups -OCH3 is 1.